The molecule has 2 amide bonds. The zero-order valence-corrected chi connectivity index (χ0v) is 7.43. The Morgan fingerprint density at radius 2 is 1.93 bits per heavy atom. The normalized spacial score (nSPS) is 15.1. The Hall–Kier alpha value is -1.98. The lowest BCUT2D eigenvalue weighted by molar-refractivity contribution is -0.115. The molecule has 0 spiro atoms. The molecular weight excluding hydrogens is 206 g/mol. The topological polar surface area (TPSA) is 58.2 Å². The summed E-state index contributed by atoms with van der Waals surface area (Å²) in [6.45, 7) is -0.255. The van der Waals surface area contributed by atoms with Crippen molar-refractivity contribution in [3.8, 4) is 0 Å². The lowest BCUT2D eigenvalue weighted by Gasteiger charge is -2.05. The number of carbonyl (C=O) groups excluding carboxylic acids is 2. The SMILES string of the molecule is O=C1CNC(=O)c2c(F)cc(F)cc2N1. The van der Waals surface area contributed by atoms with Crippen LogP contribution in [0.4, 0.5) is 14.5 Å². The van der Waals surface area contributed by atoms with Gasteiger partial charge in [-0.2, -0.15) is 0 Å². The Morgan fingerprint density at radius 1 is 1.20 bits per heavy atom. The molecule has 0 atom stereocenters. The molecule has 0 aliphatic carbocycles. The number of halogens is 2. The summed E-state index contributed by atoms with van der Waals surface area (Å²) in [6, 6.07) is 1.50. The molecule has 2 rings (SSSR count). The molecule has 0 aromatic heterocycles. The van der Waals surface area contributed by atoms with Crippen molar-refractivity contribution in [1.29, 1.82) is 0 Å². The third-order valence-corrected chi connectivity index (χ3v) is 1.97. The van der Waals surface area contributed by atoms with Crippen LogP contribution < -0.4 is 10.6 Å². The molecule has 0 unspecified atom stereocenters. The Kier molecular flexibility index (Phi) is 2.11. The maximum absolute atomic E-state index is 13.2. The van der Waals surface area contributed by atoms with E-state index in [0.717, 1.165) is 6.07 Å². The predicted molar refractivity (Wildman–Crippen MR) is 47.3 cm³/mol. The number of carbonyl (C=O) groups is 2. The van der Waals surface area contributed by atoms with E-state index in [2.05, 4.69) is 10.6 Å². The molecule has 0 saturated carbocycles. The molecule has 1 aromatic carbocycles. The third-order valence-electron chi connectivity index (χ3n) is 1.97. The van der Waals surface area contributed by atoms with E-state index in [4.69, 9.17) is 0 Å². The van der Waals surface area contributed by atoms with Crippen molar-refractivity contribution in [2.75, 3.05) is 11.9 Å². The van der Waals surface area contributed by atoms with Crippen molar-refractivity contribution in [1.82, 2.24) is 5.32 Å². The first-order chi connectivity index (χ1) is 7.08. The average molecular weight is 212 g/mol. The molecule has 0 saturated heterocycles. The van der Waals surface area contributed by atoms with Crippen LogP contribution in [0.25, 0.3) is 0 Å². The van der Waals surface area contributed by atoms with Gasteiger partial charge in [0, 0.05) is 6.07 Å². The molecule has 6 heteroatoms. The van der Waals surface area contributed by atoms with Gasteiger partial charge in [0.2, 0.25) is 5.91 Å². The Bertz CT molecular complexity index is 460. The second-order valence-corrected chi connectivity index (χ2v) is 3.04. The fraction of sp³-hybridized carbons (Fsp3) is 0.111. The molecule has 1 heterocycles. The zero-order chi connectivity index (χ0) is 11.0. The Morgan fingerprint density at radius 3 is 2.67 bits per heavy atom. The smallest absolute Gasteiger partial charge is 0.256 e. The van der Waals surface area contributed by atoms with E-state index in [9.17, 15) is 18.4 Å². The number of fused-ring (bicyclic) bond motifs is 1. The van der Waals surface area contributed by atoms with E-state index in [1.807, 2.05) is 0 Å². The van der Waals surface area contributed by atoms with Crippen molar-refractivity contribution in [2.45, 2.75) is 0 Å². The summed E-state index contributed by atoms with van der Waals surface area (Å²) < 4.78 is 26.1. The van der Waals surface area contributed by atoms with Gasteiger partial charge in [0.25, 0.3) is 5.91 Å². The maximum Gasteiger partial charge on any atom is 0.256 e. The maximum atomic E-state index is 13.2. The van der Waals surface area contributed by atoms with E-state index in [1.54, 1.807) is 0 Å². The largest absolute Gasteiger partial charge is 0.343 e. The van der Waals surface area contributed by atoms with Gasteiger partial charge >= 0.3 is 0 Å². The molecule has 0 radical (unpaired) electrons. The first-order valence-electron chi connectivity index (χ1n) is 4.15. The van der Waals surface area contributed by atoms with Crippen molar-refractivity contribution in [3.05, 3.63) is 29.3 Å². The molecule has 1 aliphatic heterocycles. The van der Waals surface area contributed by atoms with Gasteiger partial charge in [-0.3, -0.25) is 9.59 Å². The summed E-state index contributed by atoms with van der Waals surface area (Å²) in [6.07, 6.45) is 0. The highest BCUT2D eigenvalue weighted by molar-refractivity contribution is 6.08. The van der Waals surface area contributed by atoms with Gasteiger partial charge in [0.05, 0.1) is 17.8 Å². The standard InChI is InChI=1S/C9H6F2N2O2/c10-4-1-5(11)8-6(2-4)13-7(14)3-12-9(8)15/h1-2H,3H2,(H,12,15)(H,13,14). The second kappa shape index (κ2) is 3.30. The minimum atomic E-state index is -0.996. The van der Waals surface area contributed by atoms with Crippen LogP contribution in [0.3, 0.4) is 0 Å². The van der Waals surface area contributed by atoms with Crippen molar-refractivity contribution in [2.24, 2.45) is 0 Å². The number of benzene rings is 1. The fourth-order valence-corrected chi connectivity index (χ4v) is 1.35. The number of nitrogens with one attached hydrogen (secondary N) is 2. The van der Waals surface area contributed by atoms with Crippen LogP contribution in [0.5, 0.6) is 0 Å². The first kappa shape index (κ1) is 9.57. The number of hydrogen-bond acceptors (Lipinski definition) is 2. The van der Waals surface area contributed by atoms with Crippen LogP contribution in [0, 0.1) is 11.6 Å². The van der Waals surface area contributed by atoms with E-state index < -0.39 is 23.4 Å². The zero-order valence-electron chi connectivity index (χ0n) is 7.43. The molecule has 0 fully saturated rings. The van der Waals surface area contributed by atoms with E-state index in [1.165, 1.54) is 0 Å². The van der Waals surface area contributed by atoms with Crippen LogP contribution in [-0.2, 0) is 4.79 Å². The summed E-state index contributed by atoms with van der Waals surface area (Å²) in [4.78, 5) is 22.4. The van der Waals surface area contributed by atoms with Gasteiger partial charge in [0.1, 0.15) is 11.6 Å². The van der Waals surface area contributed by atoms with Crippen molar-refractivity contribution >= 4 is 17.5 Å². The van der Waals surface area contributed by atoms with Crippen molar-refractivity contribution < 1.29 is 18.4 Å². The summed E-state index contributed by atoms with van der Waals surface area (Å²) in [7, 11) is 0. The first-order valence-corrected chi connectivity index (χ1v) is 4.15. The summed E-state index contributed by atoms with van der Waals surface area (Å²) in [5, 5.41) is 4.43. The number of hydrogen-bond donors (Lipinski definition) is 2. The van der Waals surface area contributed by atoms with Gasteiger partial charge in [-0.25, -0.2) is 8.78 Å². The van der Waals surface area contributed by atoms with E-state index in [0.29, 0.717) is 6.07 Å². The molecular formula is C9H6F2N2O2. The second-order valence-electron chi connectivity index (χ2n) is 3.04. The van der Waals surface area contributed by atoms with Gasteiger partial charge in [-0.05, 0) is 6.07 Å². The number of anilines is 1. The lowest BCUT2D eigenvalue weighted by atomic mass is 10.1. The molecule has 78 valence electrons. The molecule has 0 bridgehead atoms. The van der Waals surface area contributed by atoms with Crippen LogP contribution in [0.2, 0.25) is 0 Å². The van der Waals surface area contributed by atoms with Crippen LogP contribution in [0.1, 0.15) is 10.4 Å². The monoisotopic (exact) mass is 212 g/mol. The Labute approximate surface area is 83.3 Å². The molecule has 4 nitrogen and oxygen atoms in total. The highest BCUT2D eigenvalue weighted by Crippen LogP contribution is 2.22. The van der Waals surface area contributed by atoms with Crippen molar-refractivity contribution in [3.63, 3.8) is 0 Å². The van der Waals surface area contributed by atoms with Gasteiger partial charge in [-0.15, -0.1) is 0 Å². The summed E-state index contributed by atoms with van der Waals surface area (Å²) in [5.41, 5.74) is -0.491. The molecule has 1 aliphatic rings. The average Bonchev–Trinajstić information content (AvgIpc) is 2.25. The predicted octanol–water partition coefficient (Wildman–Crippen LogP) is 0.647. The van der Waals surface area contributed by atoms with Crippen LogP contribution in [0.15, 0.2) is 12.1 Å². The minimum absolute atomic E-state index is 0.146. The number of rotatable bonds is 0. The highest BCUT2D eigenvalue weighted by atomic mass is 19.1. The highest BCUT2D eigenvalue weighted by Gasteiger charge is 2.23. The molecule has 15 heavy (non-hydrogen) atoms. The quantitative estimate of drug-likeness (QED) is 0.663. The number of amides is 2. The molecule has 2 N–H and O–H groups in total. The van der Waals surface area contributed by atoms with Gasteiger partial charge in [-0.1, -0.05) is 0 Å². The lowest BCUT2D eigenvalue weighted by Crippen LogP contribution is -2.28. The van der Waals surface area contributed by atoms with E-state index >= 15 is 0 Å². The summed E-state index contributed by atoms with van der Waals surface area (Å²) in [5.74, 6) is -3.10. The fourth-order valence-electron chi connectivity index (χ4n) is 1.35. The van der Waals surface area contributed by atoms with E-state index in [-0.39, 0.29) is 17.8 Å². The Balaban J connectivity index is 2.61. The third kappa shape index (κ3) is 1.65. The van der Waals surface area contributed by atoms with Gasteiger partial charge < -0.3 is 10.6 Å². The van der Waals surface area contributed by atoms with Gasteiger partial charge in [0.15, 0.2) is 0 Å². The van der Waals surface area contributed by atoms with Crippen LogP contribution >= 0.6 is 0 Å². The summed E-state index contributed by atoms with van der Waals surface area (Å²) >= 11 is 0. The minimum Gasteiger partial charge on any atom is -0.343 e. The van der Waals surface area contributed by atoms with Crippen LogP contribution in [-0.4, -0.2) is 18.4 Å². The molecule has 1 aromatic rings.